The molecule has 2 aromatic rings. The lowest BCUT2D eigenvalue weighted by atomic mass is 10.1. The average Bonchev–Trinajstić information content (AvgIpc) is 2.55. The molecule has 6 heteroatoms. The van der Waals surface area contributed by atoms with Gasteiger partial charge in [-0.1, -0.05) is 12.6 Å². The predicted molar refractivity (Wildman–Crippen MR) is 88.2 cm³/mol. The monoisotopic (exact) mass is 309 g/mol. The van der Waals surface area contributed by atoms with Crippen molar-refractivity contribution in [2.75, 3.05) is 10.6 Å². The molecule has 3 amide bonds. The van der Waals surface area contributed by atoms with Gasteiger partial charge in [-0.25, -0.2) is 0 Å². The second-order valence-electron chi connectivity index (χ2n) is 4.67. The van der Waals surface area contributed by atoms with Gasteiger partial charge in [-0.2, -0.15) is 0 Å². The Kier molecular flexibility index (Phi) is 4.89. The molecule has 116 valence electrons. The zero-order valence-electron chi connectivity index (χ0n) is 12.2. The first-order valence-corrected chi connectivity index (χ1v) is 6.74. The van der Waals surface area contributed by atoms with Crippen LogP contribution in [0.3, 0.4) is 0 Å². The fraction of sp³-hybridized carbons (Fsp3) is 0. The number of hydrogen-bond donors (Lipinski definition) is 3. The smallest absolute Gasteiger partial charge is 0.255 e. The van der Waals surface area contributed by atoms with E-state index in [9.17, 15) is 14.4 Å². The van der Waals surface area contributed by atoms with Crippen molar-refractivity contribution in [1.82, 2.24) is 0 Å². The molecule has 0 aliphatic carbocycles. The molecule has 0 aliphatic rings. The highest BCUT2D eigenvalue weighted by molar-refractivity contribution is 6.05. The zero-order chi connectivity index (χ0) is 16.8. The highest BCUT2D eigenvalue weighted by Crippen LogP contribution is 2.14. The Bertz CT molecular complexity index is 767. The average molecular weight is 309 g/mol. The third-order valence-corrected chi connectivity index (χ3v) is 3.00. The third kappa shape index (κ3) is 4.28. The van der Waals surface area contributed by atoms with Crippen LogP contribution in [-0.2, 0) is 4.79 Å². The minimum atomic E-state index is -0.566. The number of benzene rings is 2. The summed E-state index contributed by atoms with van der Waals surface area (Å²) in [6, 6.07) is 12.7. The molecule has 23 heavy (non-hydrogen) atoms. The molecular weight excluding hydrogens is 294 g/mol. The van der Waals surface area contributed by atoms with Gasteiger partial charge in [0.05, 0.1) is 0 Å². The van der Waals surface area contributed by atoms with E-state index in [2.05, 4.69) is 17.2 Å². The van der Waals surface area contributed by atoms with E-state index in [-0.39, 0.29) is 11.8 Å². The molecule has 0 saturated heterocycles. The quantitative estimate of drug-likeness (QED) is 0.738. The van der Waals surface area contributed by atoms with Gasteiger partial charge in [-0.3, -0.25) is 14.4 Å². The van der Waals surface area contributed by atoms with E-state index >= 15 is 0 Å². The first kappa shape index (κ1) is 16.0. The van der Waals surface area contributed by atoms with Crippen LogP contribution in [0.5, 0.6) is 0 Å². The summed E-state index contributed by atoms with van der Waals surface area (Å²) >= 11 is 0. The summed E-state index contributed by atoms with van der Waals surface area (Å²) in [6.07, 6.45) is 1.16. The predicted octanol–water partition coefficient (Wildman–Crippen LogP) is 2.16. The second-order valence-corrected chi connectivity index (χ2v) is 4.67. The minimum Gasteiger partial charge on any atom is -0.366 e. The normalized spacial score (nSPS) is 9.74. The number of rotatable bonds is 5. The van der Waals surface area contributed by atoms with Crippen LogP contribution in [0.2, 0.25) is 0 Å². The Morgan fingerprint density at radius 1 is 0.913 bits per heavy atom. The van der Waals surface area contributed by atoms with Crippen LogP contribution >= 0.6 is 0 Å². The molecule has 4 N–H and O–H groups in total. The SMILES string of the molecule is C=CC(=O)Nc1ccc(C(=O)Nc2cccc(C(N)=O)c2)cc1. The minimum absolute atomic E-state index is 0.310. The topological polar surface area (TPSA) is 101 Å². The van der Waals surface area contributed by atoms with Crippen LogP contribution in [0.15, 0.2) is 61.2 Å². The number of nitrogens with two attached hydrogens (primary N) is 1. The Labute approximate surface area is 133 Å². The van der Waals surface area contributed by atoms with Gasteiger partial charge in [0, 0.05) is 22.5 Å². The molecule has 6 nitrogen and oxygen atoms in total. The van der Waals surface area contributed by atoms with E-state index in [0.717, 1.165) is 6.08 Å². The van der Waals surface area contributed by atoms with Crippen molar-refractivity contribution < 1.29 is 14.4 Å². The molecule has 0 bridgehead atoms. The molecule has 0 radical (unpaired) electrons. The molecule has 2 aromatic carbocycles. The first-order chi connectivity index (χ1) is 11.0. The molecule has 0 unspecified atom stereocenters. The molecule has 0 aromatic heterocycles. The van der Waals surface area contributed by atoms with E-state index in [1.807, 2.05) is 0 Å². The Morgan fingerprint density at radius 2 is 1.61 bits per heavy atom. The van der Waals surface area contributed by atoms with Gasteiger partial charge in [0.1, 0.15) is 0 Å². The fourth-order valence-corrected chi connectivity index (χ4v) is 1.85. The molecule has 0 fully saturated rings. The van der Waals surface area contributed by atoms with Crippen molar-refractivity contribution in [2.45, 2.75) is 0 Å². The number of carbonyl (C=O) groups excluding carboxylic acids is 3. The van der Waals surface area contributed by atoms with Crippen molar-refractivity contribution in [2.24, 2.45) is 5.73 Å². The number of anilines is 2. The van der Waals surface area contributed by atoms with Crippen LogP contribution in [0.25, 0.3) is 0 Å². The standard InChI is InChI=1S/C17H15N3O3/c1-2-15(21)19-13-8-6-11(7-9-13)17(23)20-14-5-3-4-12(10-14)16(18)22/h2-10H,1H2,(H2,18,22)(H,19,21)(H,20,23). The lowest BCUT2D eigenvalue weighted by molar-refractivity contribution is -0.111. The van der Waals surface area contributed by atoms with Gasteiger partial charge in [0.25, 0.3) is 5.91 Å². The van der Waals surface area contributed by atoms with Gasteiger partial charge in [-0.15, -0.1) is 0 Å². The van der Waals surface area contributed by atoms with Crippen LogP contribution in [0.1, 0.15) is 20.7 Å². The number of carbonyl (C=O) groups is 3. The molecule has 0 saturated carbocycles. The maximum absolute atomic E-state index is 12.2. The summed E-state index contributed by atoms with van der Waals surface area (Å²) in [7, 11) is 0. The van der Waals surface area contributed by atoms with Crippen molar-refractivity contribution in [1.29, 1.82) is 0 Å². The molecule has 0 atom stereocenters. The number of hydrogen-bond acceptors (Lipinski definition) is 3. The molecule has 0 spiro atoms. The van der Waals surface area contributed by atoms with Crippen LogP contribution < -0.4 is 16.4 Å². The lowest BCUT2D eigenvalue weighted by Crippen LogP contribution is -2.14. The Balaban J connectivity index is 2.08. The van der Waals surface area contributed by atoms with E-state index in [0.29, 0.717) is 22.5 Å². The summed E-state index contributed by atoms with van der Waals surface area (Å²) in [5.41, 5.74) is 6.94. The van der Waals surface area contributed by atoms with Crippen molar-refractivity contribution >= 4 is 29.1 Å². The summed E-state index contributed by atoms with van der Waals surface area (Å²) < 4.78 is 0. The van der Waals surface area contributed by atoms with Gasteiger partial charge < -0.3 is 16.4 Å². The van der Waals surface area contributed by atoms with E-state index in [1.165, 1.54) is 6.07 Å². The number of primary amides is 1. The maximum atomic E-state index is 12.2. The summed E-state index contributed by atoms with van der Waals surface area (Å²) in [5.74, 6) is -1.23. The first-order valence-electron chi connectivity index (χ1n) is 6.74. The summed E-state index contributed by atoms with van der Waals surface area (Å²) in [4.78, 5) is 34.5. The van der Waals surface area contributed by atoms with Crippen LogP contribution in [-0.4, -0.2) is 17.7 Å². The molecular formula is C17H15N3O3. The maximum Gasteiger partial charge on any atom is 0.255 e. The number of nitrogens with one attached hydrogen (secondary N) is 2. The van der Waals surface area contributed by atoms with Crippen LogP contribution in [0.4, 0.5) is 11.4 Å². The number of amides is 3. The third-order valence-electron chi connectivity index (χ3n) is 3.00. The van der Waals surface area contributed by atoms with Crippen molar-refractivity contribution in [3.05, 3.63) is 72.3 Å². The van der Waals surface area contributed by atoms with E-state index < -0.39 is 5.91 Å². The Morgan fingerprint density at radius 3 is 2.22 bits per heavy atom. The lowest BCUT2D eigenvalue weighted by Gasteiger charge is -2.07. The van der Waals surface area contributed by atoms with Crippen molar-refractivity contribution in [3.8, 4) is 0 Å². The van der Waals surface area contributed by atoms with Crippen molar-refractivity contribution in [3.63, 3.8) is 0 Å². The highest BCUT2D eigenvalue weighted by atomic mass is 16.2. The molecule has 0 aliphatic heterocycles. The van der Waals surface area contributed by atoms with Gasteiger partial charge >= 0.3 is 0 Å². The highest BCUT2D eigenvalue weighted by Gasteiger charge is 2.08. The molecule has 2 rings (SSSR count). The fourth-order valence-electron chi connectivity index (χ4n) is 1.85. The van der Waals surface area contributed by atoms with E-state index in [1.54, 1.807) is 42.5 Å². The summed E-state index contributed by atoms with van der Waals surface area (Å²) in [6.45, 7) is 3.36. The molecule has 0 heterocycles. The Hall–Kier alpha value is -3.41. The summed E-state index contributed by atoms with van der Waals surface area (Å²) in [5, 5.41) is 5.26. The van der Waals surface area contributed by atoms with Gasteiger partial charge in [0.2, 0.25) is 11.8 Å². The zero-order valence-corrected chi connectivity index (χ0v) is 12.2. The van der Waals surface area contributed by atoms with Crippen LogP contribution in [0, 0.1) is 0 Å². The van der Waals surface area contributed by atoms with E-state index in [4.69, 9.17) is 5.73 Å². The van der Waals surface area contributed by atoms with Gasteiger partial charge in [-0.05, 0) is 48.5 Å². The largest absolute Gasteiger partial charge is 0.366 e. The second kappa shape index (κ2) is 7.04. The van der Waals surface area contributed by atoms with Gasteiger partial charge in [0.15, 0.2) is 0 Å².